The fourth-order valence-electron chi connectivity index (χ4n) is 5.82. The van der Waals surface area contributed by atoms with E-state index >= 15 is 0 Å². The normalized spacial score (nSPS) is 41.5. The molecule has 1 heteroatoms. The molecule has 5 atom stereocenters. The van der Waals surface area contributed by atoms with Crippen LogP contribution < -0.4 is 0 Å². The van der Waals surface area contributed by atoms with Crippen molar-refractivity contribution >= 4 is 0 Å². The first-order valence-corrected chi connectivity index (χ1v) is 10.7. The quantitative estimate of drug-likeness (QED) is 0.602. The Morgan fingerprint density at radius 3 is 2.69 bits per heavy atom. The summed E-state index contributed by atoms with van der Waals surface area (Å²) >= 11 is 0. The molecule has 0 aromatic rings. The van der Waals surface area contributed by atoms with E-state index in [-0.39, 0.29) is 12.0 Å². The molecule has 144 valence electrons. The van der Waals surface area contributed by atoms with Crippen LogP contribution in [0.5, 0.6) is 0 Å². The van der Waals surface area contributed by atoms with Crippen molar-refractivity contribution in [3.05, 3.63) is 47.6 Å². The van der Waals surface area contributed by atoms with Crippen LogP contribution in [-0.4, -0.2) is 11.7 Å². The van der Waals surface area contributed by atoms with E-state index in [0.29, 0.717) is 17.8 Å². The Bertz CT molecular complexity index is 620. The molecule has 1 saturated carbocycles. The molecule has 3 aliphatic carbocycles. The maximum atomic E-state index is 10.1. The predicted molar refractivity (Wildman–Crippen MR) is 112 cm³/mol. The minimum atomic E-state index is 0.182. The van der Waals surface area contributed by atoms with Gasteiger partial charge in [0.1, 0.15) is 0 Å². The number of aliphatic hydroxyl groups is 1. The number of fused-ring (bicyclic) bond motifs is 2. The minimum Gasteiger partial charge on any atom is -0.392 e. The first-order valence-electron chi connectivity index (χ1n) is 10.7. The van der Waals surface area contributed by atoms with E-state index in [1.54, 1.807) is 0 Å². The summed E-state index contributed by atoms with van der Waals surface area (Å²) in [5, 5.41) is 10.1. The van der Waals surface area contributed by atoms with Gasteiger partial charge >= 0.3 is 0 Å². The van der Waals surface area contributed by atoms with Gasteiger partial charge in [-0.2, -0.15) is 0 Å². The average molecular weight is 355 g/mol. The Hall–Kier alpha value is -1.08. The highest BCUT2D eigenvalue weighted by Crippen LogP contribution is 2.53. The van der Waals surface area contributed by atoms with Crippen LogP contribution in [0.2, 0.25) is 0 Å². The highest BCUT2D eigenvalue weighted by molar-refractivity contribution is 5.37. The fourth-order valence-corrected chi connectivity index (χ4v) is 5.82. The Balaban J connectivity index is 1.97. The summed E-state index contributed by atoms with van der Waals surface area (Å²) in [7, 11) is 0. The number of hydrogen-bond donors (Lipinski definition) is 1. The average Bonchev–Trinajstić information content (AvgIpc) is 3.12. The second kappa shape index (κ2) is 7.89. The zero-order chi connectivity index (χ0) is 18.9. The molecular formula is C25H38O. The van der Waals surface area contributed by atoms with Crippen LogP contribution in [0.25, 0.3) is 0 Å². The fraction of sp³-hybridized carbons (Fsp3) is 0.680. The Morgan fingerprint density at radius 2 is 2.00 bits per heavy atom. The molecule has 0 bridgehead atoms. The molecule has 0 heterocycles. The van der Waals surface area contributed by atoms with Crippen LogP contribution in [0.3, 0.4) is 0 Å². The van der Waals surface area contributed by atoms with Crippen LogP contribution >= 0.6 is 0 Å². The molecule has 0 aromatic carbocycles. The molecule has 1 nitrogen and oxygen atoms in total. The first kappa shape index (κ1) is 19.7. The van der Waals surface area contributed by atoms with Gasteiger partial charge < -0.3 is 5.11 Å². The summed E-state index contributed by atoms with van der Waals surface area (Å²) in [5.74, 6) is 3.40. The Kier molecular flexibility index (Phi) is 5.97. The molecule has 0 aromatic heterocycles. The second-order valence-corrected chi connectivity index (χ2v) is 9.69. The molecule has 0 amide bonds. The van der Waals surface area contributed by atoms with E-state index < -0.39 is 0 Å². The van der Waals surface area contributed by atoms with Crippen molar-refractivity contribution in [3.8, 4) is 0 Å². The van der Waals surface area contributed by atoms with Gasteiger partial charge in [-0.05, 0) is 84.7 Å². The standard InChI is InChI=1S/C25H38O/c1-17(2)21-13-15-25(5)14-12-18(3)6-9-22-19(4)7-10-23(22)20(16-26)8-11-24(21)25/h8,10,12,14,17,19,21-22,24,26H,3,6-7,9,11,13,15-16H2,1-2,4-5H3/b14-12+,20-8+/t19-,21+,22-,24-,25-/m0/s1. The highest BCUT2D eigenvalue weighted by Gasteiger charge is 2.44. The molecule has 1 fully saturated rings. The molecule has 3 aliphatic rings. The third kappa shape index (κ3) is 3.79. The third-order valence-electron chi connectivity index (χ3n) is 7.67. The van der Waals surface area contributed by atoms with Crippen molar-refractivity contribution in [1.82, 2.24) is 0 Å². The summed E-state index contributed by atoms with van der Waals surface area (Å²) in [6, 6.07) is 0. The number of hydrogen-bond acceptors (Lipinski definition) is 1. The molecular weight excluding hydrogens is 316 g/mol. The van der Waals surface area contributed by atoms with Crippen molar-refractivity contribution in [3.63, 3.8) is 0 Å². The number of rotatable bonds is 2. The molecule has 0 spiro atoms. The molecule has 0 aliphatic heterocycles. The summed E-state index contributed by atoms with van der Waals surface area (Å²) in [6.07, 6.45) is 16.6. The lowest BCUT2D eigenvalue weighted by Gasteiger charge is -2.34. The predicted octanol–water partition coefficient (Wildman–Crippen LogP) is 6.47. The van der Waals surface area contributed by atoms with Crippen molar-refractivity contribution in [1.29, 1.82) is 0 Å². The van der Waals surface area contributed by atoms with Crippen molar-refractivity contribution in [2.45, 2.75) is 66.2 Å². The van der Waals surface area contributed by atoms with Gasteiger partial charge in [-0.25, -0.2) is 0 Å². The summed E-state index contributed by atoms with van der Waals surface area (Å²) in [6.45, 7) is 14.1. The summed E-state index contributed by atoms with van der Waals surface area (Å²) in [4.78, 5) is 0. The van der Waals surface area contributed by atoms with Crippen LogP contribution in [0, 0.1) is 35.0 Å². The number of aliphatic hydroxyl groups excluding tert-OH is 1. The van der Waals surface area contributed by atoms with Gasteiger partial charge in [0.15, 0.2) is 0 Å². The van der Waals surface area contributed by atoms with Gasteiger partial charge in [0.25, 0.3) is 0 Å². The van der Waals surface area contributed by atoms with Gasteiger partial charge in [0.05, 0.1) is 6.61 Å². The minimum absolute atomic E-state index is 0.182. The van der Waals surface area contributed by atoms with Crippen LogP contribution in [0.15, 0.2) is 47.6 Å². The van der Waals surface area contributed by atoms with E-state index in [9.17, 15) is 5.11 Å². The van der Waals surface area contributed by atoms with Crippen LogP contribution in [-0.2, 0) is 0 Å². The lowest BCUT2D eigenvalue weighted by atomic mass is 9.71. The van der Waals surface area contributed by atoms with Crippen molar-refractivity contribution < 1.29 is 5.11 Å². The summed E-state index contributed by atoms with van der Waals surface area (Å²) in [5.41, 5.74) is 4.15. The van der Waals surface area contributed by atoms with Gasteiger partial charge in [0.2, 0.25) is 0 Å². The Labute approximate surface area is 161 Å². The summed E-state index contributed by atoms with van der Waals surface area (Å²) < 4.78 is 0. The van der Waals surface area contributed by atoms with E-state index in [0.717, 1.165) is 37.5 Å². The zero-order valence-electron chi connectivity index (χ0n) is 17.3. The number of allylic oxidation sites excluding steroid dienone is 5. The van der Waals surface area contributed by atoms with Crippen LogP contribution in [0.1, 0.15) is 66.2 Å². The maximum absolute atomic E-state index is 10.1. The van der Waals surface area contributed by atoms with Gasteiger partial charge in [0, 0.05) is 0 Å². The van der Waals surface area contributed by atoms with E-state index in [4.69, 9.17) is 0 Å². The monoisotopic (exact) mass is 354 g/mol. The van der Waals surface area contributed by atoms with Gasteiger partial charge in [-0.15, -0.1) is 0 Å². The first-order chi connectivity index (χ1) is 12.4. The SMILES string of the molecule is C=C1/C=C/[C@@]2(C)CC[C@H](C(C)C)[C@@H]2C/C=C(\CO)C2=CC[C@H](C)[C@@H]2CC1. The largest absolute Gasteiger partial charge is 0.392 e. The molecule has 0 saturated heterocycles. The van der Waals surface area contributed by atoms with Crippen LogP contribution in [0.4, 0.5) is 0 Å². The zero-order valence-corrected chi connectivity index (χ0v) is 17.3. The maximum Gasteiger partial charge on any atom is 0.0681 e. The lowest BCUT2D eigenvalue weighted by Crippen LogP contribution is -2.26. The highest BCUT2D eigenvalue weighted by atomic mass is 16.3. The van der Waals surface area contributed by atoms with Crippen molar-refractivity contribution in [2.24, 2.45) is 35.0 Å². The third-order valence-corrected chi connectivity index (χ3v) is 7.67. The van der Waals surface area contributed by atoms with E-state index in [2.05, 4.69) is 58.6 Å². The van der Waals surface area contributed by atoms with E-state index in [1.807, 2.05) is 0 Å². The molecule has 3 rings (SSSR count). The Morgan fingerprint density at radius 1 is 1.23 bits per heavy atom. The smallest absolute Gasteiger partial charge is 0.0681 e. The lowest BCUT2D eigenvalue weighted by molar-refractivity contribution is 0.213. The second-order valence-electron chi connectivity index (χ2n) is 9.69. The van der Waals surface area contributed by atoms with E-state index in [1.165, 1.54) is 29.6 Å². The topological polar surface area (TPSA) is 20.2 Å². The molecule has 1 N–H and O–H groups in total. The van der Waals surface area contributed by atoms with Gasteiger partial charge in [-0.1, -0.05) is 64.2 Å². The van der Waals surface area contributed by atoms with Crippen molar-refractivity contribution in [2.75, 3.05) is 6.61 Å². The molecule has 26 heavy (non-hydrogen) atoms. The van der Waals surface area contributed by atoms with Gasteiger partial charge in [-0.3, -0.25) is 0 Å². The molecule has 0 unspecified atom stereocenters. The molecule has 0 radical (unpaired) electrons.